The van der Waals surface area contributed by atoms with Crippen molar-refractivity contribution in [3.63, 3.8) is 0 Å². The van der Waals surface area contributed by atoms with Crippen LogP contribution in [0.3, 0.4) is 0 Å². The van der Waals surface area contributed by atoms with Crippen molar-refractivity contribution in [2.24, 2.45) is 5.92 Å². The van der Waals surface area contributed by atoms with E-state index < -0.39 is 11.2 Å². The van der Waals surface area contributed by atoms with Gasteiger partial charge in [0.1, 0.15) is 22.5 Å². The lowest BCUT2D eigenvalue weighted by Crippen LogP contribution is -2.09. The van der Waals surface area contributed by atoms with Gasteiger partial charge in [0.15, 0.2) is 16.9 Å². The molecule has 172 valence electrons. The lowest BCUT2D eigenvalue weighted by atomic mass is 9.85. The van der Waals surface area contributed by atoms with Gasteiger partial charge in [-0.1, -0.05) is 20.3 Å². The van der Waals surface area contributed by atoms with Crippen LogP contribution < -0.4 is 10.2 Å². The van der Waals surface area contributed by atoms with Crippen LogP contribution in [0.25, 0.3) is 22.3 Å². The van der Waals surface area contributed by atoms with Crippen molar-refractivity contribution >= 4 is 11.0 Å². The summed E-state index contributed by atoms with van der Waals surface area (Å²) in [5.41, 5.74) is 1.52. The van der Waals surface area contributed by atoms with Gasteiger partial charge in [-0.15, -0.1) is 0 Å². The van der Waals surface area contributed by atoms with Crippen molar-refractivity contribution in [3.05, 3.63) is 70.1 Å². The number of rotatable bonds is 7. The fraction of sp³-hybridized carbons (Fsp3) is 0.269. The van der Waals surface area contributed by atoms with Gasteiger partial charge in [-0.25, -0.2) is 0 Å². The number of hydrogen-bond donors (Lipinski definition) is 4. The number of aromatic hydroxyl groups is 3. The Morgan fingerprint density at radius 2 is 1.76 bits per heavy atom. The van der Waals surface area contributed by atoms with Crippen LogP contribution in [0.1, 0.15) is 43.7 Å². The maximum absolute atomic E-state index is 13.2. The Balaban J connectivity index is 2.05. The van der Waals surface area contributed by atoms with Crippen LogP contribution in [0, 0.1) is 5.92 Å². The van der Waals surface area contributed by atoms with Crippen molar-refractivity contribution in [1.82, 2.24) is 4.98 Å². The summed E-state index contributed by atoms with van der Waals surface area (Å²) in [6.45, 7) is 4.24. The fourth-order valence-corrected chi connectivity index (χ4v) is 4.18. The SMILES string of the molecule is COc1c(O)c(C(CCC(C)C)c2cc[nH]c2)c2oc(-c3ccc(O)cc3)cc(=O)c2c1O. The van der Waals surface area contributed by atoms with E-state index in [1.807, 2.05) is 12.3 Å². The summed E-state index contributed by atoms with van der Waals surface area (Å²) in [4.78, 5) is 16.2. The van der Waals surface area contributed by atoms with Gasteiger partial charge in [-0.3, -0.25) is 4.79 Å². The molecule has 2 aromatic carbocycles. The first-order valence-electron chi connectivity index (χ1n) is 10.8. The van der Waals surface area contributed by atoms with E-state index in [-0.39, 0.29) is 39.9 Å². The van der Waals surface area contributed by atoms with Gasteiger partial charge < -0.3 is 29.5 Å². The summed E-state index contributed by atoms with van der Waals surface area (Å²) in [7, 11) is 1.33. The molecular weight excluding hydrogens is 422 g/mol. The van der Waals surface area contributed by atoms with E-state index in [4.69, 9.17) is 9.15 Å². The van der Waals surface area contributed by atoms with E-state index in [2.05, 4.69) is 18.8 Å². The lowest BCUT2D eigenvalue weighted by Gasteiger charge is -2.22. The standard InChI is InChI=1S/C26H27NO6/c1-14(2)4-9-18(16-10-11-27-13-16)21-23(30)26(32-3)24(31)22-19(29)12-20(33-25(21)22)15-5-7-17(28)8-6-15/h5-8,10-14,18,27-28,30-31H,4,9H2,1-3H3. The molecule has 0 aliphatic heterocycles. The molecule has 0 fully saturated rings. The van der Waals surface area contributed by atoms with Gasteiger partial charge in [-0.2, -0.15) is 0 Å². The average Bonchev–Trinajstić information content (AvgIpc) is 3.30. The molecule has 0 saturated carbocycles. The van der Waals surface area contributed by atoms with E-state index in [1.165, 1.54) is 25.3 Å². The van der Waals surface area contributed by atoms with Crippen LogP contribution in [-0.4, -0.2) is 27.4 Å². The first-order chi connectivity index (χ1) is 15.8. The number of aromatic nitrogens is 1. The van der Waals surface area contributed by atoms with Crippen molar-refractivity contribution in [2.45, 2.75) is 32.6 Å². The number of hydrogen-bond acceptors (Lipinski definition) is 6. The summed E-state index contributed by atoms with van der Waals surface area (Å²) in [5, 5.41) is 31.5. The van der Waals surface area contributed by atoms with Crippen LogP contribution >= 0.6 is 0 Å². The highest BCUT2D eigenvalue weighted by Gasteiger charge is 2.30. The third kappa shape index (κ3) is 4.14. The Hall–Kier alpha value is -3.87. The number of nitrogens with one attached hydrogen (secondary N) is 1. The van der Waals surface area contributed by atoms with E-state index >= 15 is 0 Å². The quantitative estimate of drug-likeness (QED) is 0.297. The van der Waals surface area contributed by atoms with Gasteiger partial charge in [0, 0.05) is 35.5 Å². The maximum Gasteiger partial charge on any atom is 0.204 e. The van der Waals surface area contributed by atoms with Crippen LogP contribution in [0.5, 0.6) is 23.0 Å². The molecule has 1 unspecified atom stereocenters. The number of fused-ring (bicyclic) bond motifs is 1. The molecular formula is C26H27NO6. The lowest BCUT2D eigenvalue weighted by molar-refractivity contribution is 0.342. The van der Waals surface area contributed by atoms with E-state index in [0.717, 1.165) is 12.0 Å². The maximum atomic E-state index is 13.2. The Kier molecular flexibility index (Phi) is 6.05. The zero-order chi connectivity index (χ0) is 23.7. The third-order valence-electron chi connectivity index (χ3n) is 5.88. The first-order valence-corrected chi connectivity index (χ1v) is 10.8. The number of benzene rings is 2. The topological polar surface area (TPSA) is 116 Å². The number of phenolic OH excluding ortho intramolecular Hbond substituents is 3. The molecule has 33 heavy (non-hydrogen) atoms. The summed E-state index contributed by atoms with van der Waals surface area (Å²) in [6, 6.07) is 9.45. The molecule has 0 spiro atoms. The Labute approximate surface area is 190 Å². The molecule has 0 amide bonds. The number of methoxy groups -OCH3 is 1. The van der Waals surface area contributed by atoms with Gasteiger partial charge in [0.25, 0.3) is 0 Å². The molecule has 4 N–H and O–H groups in total. The molecule has 0 aliphatic carbocycles. The molecule has 4 rings (SSSR count). The normalized spacial score (nSPS) is 12.4. The predicted octanol–water partition coefficient (Wildman–Crippen LogP) is 5.48. The summed E-state index contributed by atoms with van der Waals surface area (Å²) in [6.07, 6.45) is 5.19. The second-order valence-corrected chi connectivity index (χ2v) is 8.54. The third-order valence-corrected chi connectivity index (χ3v) is 5.88. The van der Waals surface area contributed by atoms with E-state index in [0.29, 0.717) is 23.5 Å². The Bertz CT molecular complexity index is 1320. The highest BCUT2D eigenvalue weighted by molar-refractivity contribution is 5.93. The molecule has 0 aliphatic rings. The van der Waals surface area contributed by atoms with Crippen LogP contribution in [0.15, 0.2) is 58.0 Å². The van der Waals surface area contributed by atoms with Crippen molar-refractivity contribution < 1.29 is 24.5 Å². The highest BCUT2D eigenvalue weighted by atomic mass is 16.5. The molecule has 0 radical (unpaired) electrons. The minimum absolute atomic E-state index is 0.0488. The molecule has 2 heterocycles. The monoisotopic (exact) mass is 449 g/mol. The smallest absolute Gasteiger partial charge is 0.204 e. The van der Waals surface area contributed by atoms with Gasteiger partial charge >= 0.3 is 0 Å². The van der Waals surface area contributed by atoms with Crippen LogP contribution in [0.2, 0.25) is 0 Å². The average molecular weight is 450 g/mol. The van der Waals surface area contributed by atoms with Crippen molar-refractivity contribution in [3.8, 4) is 34.3 Å². The molecule has 1 atom stereocenters. The number of aromatic amines is 1. The number of ether oxygens (including phenoxy) is 1. The number of H-pyrrole nitrogens is 1. The van der Waals surface area contributed by atoms with Crippen molar-refractivity contribution in [2.75, 3.05) is 7.11 Å². The largest absolute Gasteiger partial charge is 0.508 e. The molecule has 0 bridgehead atoms. The fourth-order valence-electron chi connectivity index (χ4n) is 4.18. The molecule has 0 saturated heterocycles. The zero-order valence-corrected chi connectivity index (χ0v) is 18.8. The number of phenols is 3. The summed E-state index contributed by atoms with van der Waals surface area (Å²) < 4.78 is 11.5. The Morgan fingerprint density at radius 3 is 2.36 bits per heavy atom. The summed E-state index contributed by atoms with van der Waals surface area (Å²) >= 11 is 0. The minimum atomic E-state index is -0.465. The molecule has 7 heteroatoms. The summed E-state index contributed by atoms with van der Waals surface area (Å²) in [5.74, 6) is -0.433. The van der Waals surface area contributed by atoms with Crippen LogP contribution in [-0.2, 0) is 0 Å². The van der Waals surface area contributed by atoms with Gasteiger partial charge in [-0.05, 0) is 48.2 Å². The second kappa shape index (κ2) is 8.94. The minimum Gasteiger partial charge on any atom is -0.508 e. The van der Waals surface area contributed by atoms with Crippen molar-refractivity contribution in [1.29, 1.82) is 0 Å². The highest BCUT2D eigenvalue weighted by Crippen LogP contribution is 2.50. The molecule has 2 aromatic heterocycles. The molecule has 4 aromatic rings. The Morgan fingerprint density at radius 1 is 1.03 bits per heavy atom. The second-order valence-electron chi connectivity index (χ2n) is 8.54. The van der Waals surface area contributed by atoms with Gasteiger partial charge in [0.05, 0.1) is 7.11 Å². The van der Waals surface area contributed by atoms with E-state index in [1.54, 1.807) is 18.3 Å². The first kappa shape index (κ1) is 22.3. The van der Waals surface area contributed by atoms with Crippen LogP contribution in [0.4, 0.5) is 0 Å². The van der Waals surface area contributed by atoms with E-state index in [9.17, 15) is 20.1 Å². The zero-order valence-electron chi connectivity index (χ0n) is 18.8. The van der Waals surface area contributed by atoms with Gasteiger partial charge in [0.2, 0.25) is 5.75 Å². The predicted molar refractivity (Wildman–Crippen MR) is 126 cm³/mol. The molecule has 7 nitrogen and oxygen atoms in total.